The third-order valence-electron chi connectivity index (χ3n) is 9.06. The van der Waals surface area contributed by atoms with Crippen LogP contribution in [0, 0.1) is 93.3 Å². The molecule has 8 nitrogen and oxygen atoms in total. The van der Waals surface area contributed by atoms with Crippen LogP contribution in [0.3, 0.4) is 0 Å². The molecule has 2 heterocycles. The average molecular weight is 930 g/mol. The number of hydrogen-bond donors (Lipinski definition) is 0. The zero-order chi connectivity index (χ0) is 39.7. The molecule has 0 aliphatic heterocycles. The molecule has 0 aliphatic carbocycles. The Bertz CT molecular complexity index is 1910. The van der Waals surface area contributed by atoms with Crippen molar-refractivity contribution in [2.75, 3.05) is 0 Å². The maximum absolute atomic E-state index is 8.49. The van der Waals surface area contributed by atoms with Crippen LogP contribution >= 0.6 is 0 Å². The first-order valence-corrected chi connectivity index (χ1v) is 20.1. The summed E-state index contributed by atoms with van der Waals surface area (Å²) in [6.45, 7) is 26.1. The Morgan fingerprint density at radius 1 is 0.426 bits per heavy atom. The van der Waals surface area contributed by atoms with Crippen LogP contribution in [0.4, 0.5) is 0 Å². The summed E-state index contributed by atoms with van der Waals surface area (Å²) in [5.74, 6) is 0. The van der Waals surface area contributed by atoms with Crippen molar-refractivity contribution in [1.29, 1.82) is 0 Å². The van der Waals surface area contributed by atoms with E-state index in [-0.39, 0.29) is 17.1 Å². The first kappa shape index (κ1) is 45.4. The van der Waals surface area contributed by atoms with E-state index in [2.05, 4.69) is 207 Å². The van der Waals surface area contributed by atoms with Gasteiger partial charge in [0.05, 0.1) is 0 Å². The average Bonchev–Trinajstić information content (AvgIpc) is 3.53. The maximum Gasteiger partial charge on any atom is 1.00 e. The van der Waals surface area contributed by atoms with Gasteiger partial charge in [-0.1, -0.05) is 0 Å². The SMILES string of the molecule is Cc1cc(C)c(-n2cc[n+](-c3c(C)cc(C)cc3C)c2[Se-])c(C)c1.Cc1cc(C)c(-n2cc[n+](-c3c(C)cc(C)cc3C)c2[Se-])c(C)c1.[Cu+].[O-][Cl+3]([O-])([O-])[O-]. The van der Waals surface area contributed by atoms with E-state index in [1.54, 1.807) is 0 Å². The van der Waals surface area contributed by atoms with Crippen LogP contribution in [-0.4, -0.2) is 41.2 Å². The normalized spacial score (nSPS) is 11.0. The molecule has 0 amide bonds. The number of aryl methyl sites for hydroxylation is 12. The largest absolute Gasteiger partial charge is 1.00 e. The molecule has 0 saturated heterocycles. The quantitative estimate of drug-likeness (QED) is 0.199. The molecule has 0 atom stereocenters. The van der Waals surface area contributed by atoms with E-state index in [9.17, 15) is 0 Å². The van der Waals surface area contributed by atoms with Gasteiger partial charge in [0.2, 0.25) is 0 Å². The Hall–Kier alpha value is -3.01. The van der Waals surface area contributed by atoms with Gasteiger partial charge in [-0.25, -0.2) is 18.6 Å². The number of aromatic nitrogens is 4. The Labute approximate surface area is 349 Å². The van der Waals surface area contributed by atoms with Gasteiger partial charge < -0.3 is 0 Å². The predicted octanol–water partition coefficient (Wildman–Crippen LogP) is 2.04. The van der Waals surface area contributed by atoms with Crippen molar-refractivity contribution < 1.29 is 55.1 Å². The van der Waals surface area contributed by atoms with Gasteiger partial charge in [0.1, 0.15) is 0 Å². The molecule has 6 rings (SSSR count). The van der Waals surface area contributed by atoms with Gasteiger partial charge in [-0.3, -0.25) is 0 Å². The van der Waals surface area contributed by atoms with E-state index in [4.69, 9.17) is 18.6 Å². The molecule has 2 aromatic heterocycles. The molecular formula is C42H48ClCuN4O4Se2. The fourth-order valence-corrected chi connectivity index (χ4v) is 8.92. The number of rotatable bonds is 4. The Balaban J connectivity index is 0.000000254. The fourth-order valence-electron chi connectivity index (χ4n) is 7.64. The van der Waals surface area contributed by atoms with Crippen LogP contribution in [0.5, 0.6) is 0 Å². The molecule has 0 spiro atoms. The van der Waals surface area contributed by atoms with Crippen LogP contribution in [0.15, 0.2) is 73.3 Å². The monoisotopic (exact) mass is 930 g/mol. The number of nitrogens with zero attached hydrogens (tertiary/aromatic N) is 4. The minimum absolute atomic E-state index is 0. The summed E-state index contributed by atoms with van der Waals surface area (Å²) in [7, 11) is -4.94. The van der Waals surface area contributed by atoms with Gasteiger partial charge in [-0.15, -0.1) is 10.2 Å². The molecule has 0 fully saturated rings. The molecule has 4 aromatic carbocycles. The summed E-state index contributed by atoms with van der Waals surface area (Å²) in [5, 5.41) is 0. The summed E-state index contributed by atoms with van der Waals surface area (Å²) in [6, 6.07) is 18.0. The molecule has 290 valence electrons. The van der Waals surface area contributed by atoms with Crippen molar-refractivity contribution >= 4 is 41.5 Å². The summed E-state index contributed by atoms with van der Waals surface area (Å²) >= 11 is 6.56. The van der Waals surface area contributed by atoms with Crippen molar-refractivity contribution in [3.8, 4) is 22.7 Å². The third kappa shape index (κ3) is 10.6. The summed E-state index contributed by atoms with van der Waals surface area (Å²) in [4.78, 5) is 0. The van der Waals surface area contributed by atoms with Crippen LogP contribution in [0.25, 0.3) is 22.7 Å². The first-order chi connectivity index (χ1) is 24.6. The van der Waals surface area contributed by atoms with E-state index in [0.717, 1.165) is 9.45 Å². The maximum atomic E-state index is 8.49. The summed E-state index contributed by atoms with van der Waals surface area (Å²) in [5.41, 5.74) is 20.6. The first-order valence-electron chi connectivity index (χ1n) is 17.1. The minimum atomic E-state index is -4.94. The van der Waals surface area contributed by atoms with Crippen molar-refractivity contribution in [3.63, 3.8) is 0 Å². The second kappa shape index (κ2) is 18.3. The van der Waals surface area contributed by atoms with Crippen molar-refractivity contribution in [1.82, 2.24) is 9.13 Å². The van der Waals surface area contributed by atoms with E-state index >= 15 is 0 Å². The second-order valence-electron chi connectivity index (χ2n) is 14.0. The van der Waals surface area contributed by atoms with Gasteiger partial charge in [0.25, 0.3) is 0 Å². The molecule has 0 unspecified atom stereocenters. The van der Waals surface area contributed by atoms with Gasteiger partial charge in [0, 0.05) is 0 Å². The van der Waals surface area contributed by atoms with E-state index in [0.29, 0.717) is 0 Å². The molecule has 54 heavy (non-hydrogen) atoms. The third-order valence-corrected chi connectivity index (χ3v) is 10.7. The molecule has 0 N–H and O–H groups in total. The van der Waals surface area contributed by atoms with Crippen molar-refractivity contribution in [3.05, 3.63) is 140 Å². The van der Waals surface area contributed by atoms with Crippen LogP contribution in [-0.2, 0) is 17.1 Å². The number of hydrogen-bond acceptors (Lipinski definition) is 4. The van der Waals surface area contributed by atoms with E-state index in [1.807, 2.05) is 0 Å². The smallest absolute Gasteiger partial charge is 0.222 e. The van der Waals surface area contributed by atoms with E-state index < -0.39 is 10.2 Å². The van der Waals surface area contributed by atoms with Gasteiger partial charge in [-0.05, 0) is 0 Å². The Kier molecular flexibility index (Phi) is 15.4. The minimum Gasteiger partial charge on any atom is -0.222 e. The number of benzene rings is 4. The topological polar surface area (TPSA) is 110 Å². The van der Waals surface area contributed by atoms with Crippen LogP contribution < -0.4 is 37.2 Å². The number of halogens is 1. The predicted molar refractivity (Wildman–Crippen MR) is 202 cm³/mol. The summed E-state index contributed by atoms with van der Waals surface area (Å²) < 4.78 is 45.2. The molecule has 0 aliphatic rings. The molecule has 6 aromatic rings. The molecule has 0 saturated carbocycles. The number of imidazole rings is 2. The molecule has 12 heteroatoms. The standard InChI is InChI=1S/2C21H24N2Se.ClHO4.Cu/c2*1-13-9-15(3)19(16(4)10-13)22-7-8-23(21(22)24)20-17(5)11-14(2)12-18(20)6;2-1(3,4)5;/h2*7-12H,1-6H3;(H,2,3,4,5);/q;;;+1/p-1. The fraction of sp³-hybridized carbons (Fsp3) is 0.286. The van der Waals surface area contributed by atoms with E-state index in [1.165, 1.54) is 89.5 Å². The zero-order valence-electron chi connectivity index (χ0n) is 32.8. The van der Waals surface area contributed by atoms with Gasteiger partial charge in [-0.2, -0.15) is 0 Å². The van der Waals surface area contributed by atoms with Crippen LogP contribution in [0.1, 0.15) is 66.8 Å². The Morgan fingerprint density at radius 3 is 0.852 bits per heavy atom. The molecule has 0 bridgehead atoms. The molecule has 0 radical (unpaired) electrons. The van der Waals surface area contributed by atoms with Gasteiger partial charge in [0.15, 0.2) is 0 Å². The van der Waals surface area contributed by atoms with Crippen LogP contribution in [0.2, 0.25) is 0 Å². The van der Waals surface area contributed by atoms with Crippen molar-refractivity contribution in [2.24, 2.45) is 0 Å². The second-order valence-corrected chi connectivity index (χ2v) is 16.3. The summed E-state index contributed by atoms with van der Waals surface area (Å²) in [6.07, 6.45) is 8.59. The van der Waals surface area contributed by atoms with Gasteiger partial charge >= 0.3 is 323 Å². The van der Waals surface area contributed by atoms with Crippen molar-refractivity contribution in [2.45, 2.75) is 83.1 Å². The Morgan fingerprint density at radius 2 is 0.630 bits per heavy atom. The zero-order valence-corrected chi connectivity index (χ0v) is 38.0. The molecular weight excluding hydrogens is 881 g/mol.